The SMILES string of the molecule is CCOC(=O)c1[nH]c2cc(Cl)cc(Cl)c2c1NC(Cc1ccccc1)C(=O)c1ccccc1. The molecule has 0 aliphatic rings. The van der Waals surface area contributed by atoms with Crippen molar-refractivity contribution >= 4 is 51.5 Å². The van der Waals surface area contributed by atoms with Gasteiger partial charge in [0, 0.05) is 22.4 Å². The second-order valence-corrected chi connectivity index (χ2v) is 8.37. The number of hydrogen-bond acceptors (Lipinski definition) is 4. The summed E-state index contributed by atoms with van der Waals surface area (Å²) in [5.74, 6) is -0.650. The van der Waals surface area contributed by atoms with Crippen LogP contribution in [0.5, 0.6) is 0 Å². The number of carbonyl (C=O) groups is 2. The molecule has 7 heteroatoms. The van der Waals surface area contributed by atoms with Crippen molar-refractivity contribution in [2.24, 2.45) is 0 Å². The van der Waals surface area contributed by atoms with E-state index in [9.17, 15) is 9.59 Å². The van der Waals surface area contributed by atoms with Gasteiger partial charge in [0.25, 0.3) is 0 Å². The molecule has 0 fully saturated rings. The minimum Gasteiger partial charge on any atom is -0.461 e. The number of halogens is 2. The number of aromatic amines is 1. The lowest BCUT2D eigenvalue weighted by molar-refractivity contribution is 0.0521. The van der Waals surface area contributed by atoms with Crippen molar-refractivity contribution < 1.29 is 14.3 Å². The highest BCUT2D eigenvalue weighted by Crippen LogP contribution is 2.37. The van der Waals surface area contributed by atoms with Gasteiger partial charge in [0.05, 0.1) is 28.9 Å². The van der Waals surface area contributed by atoms with E-state index in [4.69, 9.17) is 27.9 Å². The third kappa shape index (κ3) is 5.05. The summed E-state index contributed by atoms with van der Waals surface area (Å²) in [4.78, 5) is 29.3. The van der Waals surface area contributed by atoms with Gasteiger partial charge in [0.1, 0.15) is 5.69 Å². The third-order valence-corrected chi connectivity index (χ3v) is 5.79. The first-order valence-electron chi connectivity index (χ1n) is 10.6. The van der Waals surface area contributed by atoms with Crippen molar-refractivity contribution in [2.45, 2.75) is 19.4 Å². The number of rotatable bonds is 8. The molecule has 0 aliphatic heterocycles. The van der Waals surface area contributed by atoms with Crippen LogP contribution in [-0.4, -0.2) is 29.4 Å². The van der Waals surface area contributed by atoms with Crippen LogP contribution in [0.3, 0.4) is 0 Å². The maximum atomic E-state index is 13.5. The van der Waals surface area contributed by atoms with E-state index in [-0.39, 0.29) is 18.1 Å². The van der Waals surface area contributed by atoms with Gasteiger partial charge in [0.2, 0.25) is 0 Å². The van der Waals surface area contributed by atoms with Crippen LogP contribution in [0.2, 0.25) is 10.0 Å². The summed E-state index contributed by atoms with van der Waals surface area (Å²) in [6, 6.07) is 21.4. The lowest BCUT2D eigenvalue weighted by atomic mass is 9.97. The predicted molar refractivity (Wildman–Crippen MR) is 133 cm³/mol. The van der Waals surface area contributed by atoms with Crippen LogP contribution in [0.4, 0.5) is 5.69 Å². The first-order valence-corrected chi connectivity index (χ1v) is 11.3. The van der Waals surface area contributed by atoms with E-state index in [1.807, 2.05) is 48.5 Å². The summed E-state index contributed by atoms with van der Waals surface area (Å²) >= 11 is 12.7. The van der Waals surface area contributed by atoms with Crippen molar-refractivity contribution in [3.8, 4) is 0 Å². The van der Waals surface area contributed by atoms with Crippen LogP contribution in [0, 0.1) is 0 Å². The van der Waals surface area contributed by atoms with Gasteiger partial charge >= 0.3 is 5.97 Å². The molecule has 3 aromatic carbocycles. The molecule has 1 heterocycles. The van der Waals surface area contributed by atoms with Crippen LogP contribution in [0.1, 0.15) is 33.3 Å². The molecule has 0 saturated heterocycles. The number of benzene rings is 3. The number of H-pyrrole nitrogens is 1. The maximum absolute atomic E-state index is 13.5. The molecule has 0 amide bonds. The van der Waals surface area contributed by atoms with Crippen LogP contribution in [0.15, 0.2) is 72.8 Å². The molecule has 0 saturated carbocycles. The summed E-state index contributed by atoms with van der Waals surface area (Å²) in [6.45, 7) is 1.94. The summed E-state index contributed by atoms with van der Waals surface area (Å²) in [5.41, 5.74) is 2.72. The number of hydrogen-bond donors (Lipinski definition) is 2. The Hall–Kier alpha value is -3.28. The van der Waals surface area contributed by atoms with Gasteiger partial charge < -0.3 is 15.0 Å². The maximum Gasteiger partial charge on any atom is 0.356 e. The zero-order chi connectivity index (χ0) is 23.4. The fraction of sp³-hybridized carbons (Fsp3) is 0.154. The Morgan fingerprint density at radius 1 is 1.00 bits per heavy atom. The summed E-state index contributed by atoms with van der Waals surface area (Å²) < 4.78 is 5.24. The molecule has 0 radical (unpaired) electrons. The lowest BCUT2D eigenvalue weighted by Gasteiger charge is -2.20. The van der Waals surface area contributed by atoms with Crippen molar-refractivity contribution in [3.05, 3.63) is 99.7 Å². The Balaban J connectivity index is 1.82. The van der Waals surface area contributed by atoms with E-state index < -0.39 is 12.0 Å². The lowest BCUT2D eigenvalue weighted by Crippen LogP contribution is -2.32. The predicted octanol–water partition coefficient (Wildman–Crippen LogP) is 6.56. The van der Waals surface area contributed by atoms with Gasteiger partial charge in [-0.1, -0.05) is 83.9 Å². The first-order chi connectivity index (χ1) is 16.0. The molecule has 168 valence electrons. The van der Waals surface area contributed by atoms with Crippen LogP contribution >= 0.6 is 23.2 Å². The van der Waals surface area contributed by atoms with Crippen molar-refractivity contribution in [3.63, 3.8) is 0 Å². The summed E-state index contributed by atoms with van der Waals surface area (Å²) in [6.07, 6.45) is 0.411. The van der Waals surface area contributed by atoms with Gasteiger partial charge in [-0.25, -0.2) is 4.79 Å². The highest BCUT2D eigenvalue weighted by Gasteiger charge is 2.27. The molecule has 4 rings (SSSR count). The van der Waals surface area contributed by atoms with Crippen molar-refractivity contribution in [1.82, 2.24) is 4.98 Å². The molecule has 2 N–H and O–H groups in total. The molecule has 4 aromatic rings. The monoisotopic (exact) mass is 480 g/mol. The zero-order valence-corrected chi connectivity index (χ0v) is 19.4. The minimum atomic E-state index is -0.659. The fourth-order valence-electron chi connectivity index (χ4n) is 3.79. The highest BCUT2D eigenvalue weighted by atomic mass is 35.5. The third-order valence-electron chi connectivity index (χ3n) is 5.27. The zero-order valence-electron chi connectivity index (χ0n) is 17.9. The average Bonchev–Trinajstić information content (AvgIpc) is 3.18. The van der Waals surface area contributed by atoms with Gasteiger partial charge in [-0.15, -0.1) is 0 Å². The first kappa shape index (κ1) is 22.9. The summed E-state index contributed by atoms with van der Waals surface area (Å²) in [5, 5.41) is 4.67. The number of fused-ring (bicyclic) bond motifs is 1. The number of Topliss-reactive ketones (excluding diaryl/α,β-unsaturated/α-hetero) is 1. The average molecular weight is 481 g/mol. The Labute approximate surface area is 201 Å². The smallest absolute Gasteiger partial charge is 0.356 e. The van der Waals surface area contributed by atoms with Crippen LogP contribution < -0.4 is 5.32 Å². The number of carbonyl (C=O) groups excluding carboxylic acids is 2. The number of ketones is 1. The fourth-order valence-corrected chi connectivity index (χ4v) is 4.37. The molecule has 33 heavy (non-hydrogen) atoms. The minimum absolute atomic E-state index is 0.103. The van der Waals surface area contributed by atoms with E-state index in [1.54, 1.807) is 31.2 Å². The second-order valence-electron chi connectivity index (χ2n) is 7.52. The number of aromatic nitrogens is 1. The van der Waals surface area contributed by atoms with E-state index in [1.165, 1.54) is 0 Å². The van der Waals surface area contributed by atoms with Gasteiger partial charge in [-0.05, 0) is 24.6 Å². The van der Waals surface area contributed by atoms with Crippen molar-refractivity contribution in [2.75, 3.05) is 11.9 Å². The largest absolute Gasteiger partial charge is 0.461 e. The molecular weight excluding hydrogens is 459 g/mol. The molecule has 5 nitrogen and oxygen atoms in total. The number of ether oxygens (including phenoxy) is 1. The topological polar surface area (TPSA) is 71.2 Å². The normalized spacial score (nSPS) is 11.8. The quantitative estimate of drug-likeness (QED) is 0.221. The van der Waals surface area contributed by atoms with E-state index in [0.717, 1.165) is 5.56 Å². The van der Waals surface area contributed by atoms with Gasteiger partial charge in [-0.3, -0.25) is 4.79 Å². The van der Waals surface area contributed by atoms with E-state index in [0.29, 0.717) is 38.6 Å². The Kier molecular flexibility index (Phi) is 7.02. The number of anilines is 1. The standard InChI is InChI=1S/C26H22Cl2N2O3/c1-2-33-26(32)24-23(22-19(28)14-18(27)15-20(22)29-24)30-21(13-16-9-5-3-6-10-16)25(31)17-11-7-4-8-12-17/h3-12,14-15,21,29-30H,2,13H2,1H3. The van der Waals surface area contributed by atoms with E-state index in [2.05, 4.69) is 10.3 Å². The van der Waals surface area contributed by atoms with Crippen LogP contribution in [0.25, 0.3) is 10.9 Å². The number of nitrogens with one attached hydrogen (secondary N) is 2. The molecular formula is C26H22Cl2N2O3. The van der Waals surface area contributed by atoms with Crippen LogP contribution in [-0.2, 0) is 11.2 Å². The number of esters is 1. The molecule has 1 aromatic heterocycles. The Morgan fingerprint density at radius 3 is 2.33 bits per heavy atom. The second kappa shape index (κ2) is 10.1. The molecule has 0 aliphatic carbocycles. The highest BCUT2D eigenvalue weighted by molar-refractivity contribution is 6.40. The molecule has 1 atom stereocenters. The van der Waals surface area contributed by atoms with Crippen molar-refractivity contribution in [1.29, 1.82) is 0 Å². The Morgan fingerprint density at radius 2 is 1.67 bits per heavy atom. The van der Waals surface area contributed by atoms with Gasteiger partial charge in [-0.2, -0.15) is 0 Å². The molecule has 0 spiro atoms. The molecule has 1 unspecified atom stereocenters. The van der Waals surface area contributed by atoms with E-state index >= 15 is 0 Å². The Bertz CT molecular complexity index is 1290. The molecule has 0 bridgehead atoms. The summed E-state index contributed by atoms with van der Waals surface area (Å²) in [7, 11) is 0. The van der Waals surface area contributed by atoms with Gasteiger partial charge in [0.15, 0.2) is 5.78 Å².